The van der Waals surface area contributed by atoms with E-state index in [0.717, 1.165) is 24.1 Å². The number of aliphatic hydroxyl groups excluding tert-OH is 1. The number of aryl methyl sites for hydroxylation is 1. The van der Waals surface area contributed by atoms with Crippen LogP contribution in [0.15, 0.2) is 22.7 Å². The fourth-order valence-corrected chi connectivity index (χ4v) is 2.70. The molecule has 0 bridgehead atoms. The third kappa shape index (κ3) is 3.81. The molecule has 1 atom stereocenters. The highest BCUT2D eigenvalue weighted by Gasteiger charge is 2.23. The summed E-state index contributed by atoms with van der Waals surface area (Å²) in [5, 5.41) is 9.32. The van der Waals surface area contributed by atoms with Gasteiger partial charge < -0.3 is 10.0 Å². The molecule has 1 aliphatic rings. The Bertz CT molecular complexity index is 483. The molecule has 2 rings (SSSR count). The van der Waals surface area contributed by atoms with E-state index < -0.39 is 6.10 Å². The lowest BCUT2D eigenvalue weighted by atomic mass is 10.1. The summed E-state index contributed by atoms with van der Waals surface area (Å²) in [5.41, 5.74) is 2.53. The molecule has 0 radical (unpaired) electrons. The van der Waals surface area contributed by atoms with Gasteiger partial charge in [-0.15, -0.1) is 0 Å². The molecule has 0 spiro atoms. The van der Waals surface area contributed by atoms with Crippen molar-refractivity contribution in [2.75, 3.05) is 26.2 Å². The molecular weight excluding hydrogens is 320 g/mol. The van der Waals surface area contributed by atoms with Crippen molar-refractivity contribution >= 4 is 21.8 Å². The second-order valence-corrected chi connectivity index (χ2v) is 6.22. The van der Waals surface area contributed by atoms with Gasteiger partial charge in [0, 0.05) is 37.2 Å². The zero-order valence-corrected chi connectivity index (χ0v) is 13.6. The van der Waals surface area contributed by atoms with Crippen molar-refractivity contribution in [2.24, 2.45) is 0 Å². The van der Waals surface area contributed by atoms with Gasteiger partial charge in [-0.1, -0.05) is 28.1 Å². The molecule has 1 aliphatic heterocycles. The average molecular weight is 341 g/mol. The predicted molar refractivity (Wildman–Crippen MR) is 82.4 cm³/mol. The SMILES string of the molecule is Cc1cc(CN2CCN(C(=O)C(C)O)CC2)ccc1Br. The largest absolute Gasteiger partial charge is 0.384 e. The number of amides is 1. The maximum absolute atomic E-state index is 11.7. The Hall–Kier alpha value is -0.910. The lowest BCUT2D eigenvalue weighted by Gasteiger charge is -2.35. The zero-order chi connectivity index (χ0) is 14.7. The van der Waals surface area contributed by atoms with Gasteiger partial charge in [0.05, 0.1) is 0 Å². The molecule has 5 heteroatoms. The number of nitrogens with zero attached hydrogens (tertiary/aromatic N) is 2. The van der Waals surface area contributed by atoms with Gasteiger partial charge >= 0.3 is 0 Å². The van der Waals surface area contributed by atoms with Crippen LogP contribution in [-0.2, 0) is 11.3 Å². The van der Waals surface area contributed by atoms with Crippen molar-refractivity contribution in [3.8, 4) is 0 Å². The van der Waals surface area contributed by atoms with Crippen LogP contribution in [0.2, 0.25) is 0 Å². The number of hydrogen-bond acceptors (Lipinski definition) is 3. The molecule has 20 heavy (non-hydrogen) atoms. The predicted octanol–water partition coefficient (Wildman–Crippen LogP) is 1.78. The van der Waals surface area contributed by atoms with E-state index in [1.54, 1.807) is 4.90 Å². The quantitative estimate of drug-likeness (QED) is 0.912. The van der Waals surface area contributed by atoms with Gasteiger partial charge in [0.2, 0.25) is 0 Å². The third-order valence-corrected chi connectivity index (χ3v) is 4.56. The van der Waals surface area contributed by atoms with Crippen molar-refractivity contribution in [1.82, 2.24) is 9.80 Å². The van der Waals surface area contributed by atoms with E-state index in [2.05, 4.69) is 46.0 Å². The molecule has 1 unspecified atom stereocenters. The topological polar surface area (TPSA) is 43.8 Å². The van der Waals surface area contributed by atoms with E-state index in [0.29, 0.717) is 13.1 Å². The number of hydrogen-bond donors (Lipinski definition) is 1. The highest BCUT2D eigenvalue weighted by molar-refractivity contribution is 9.10. The fraction of sp³-hybridized carbons (Fsp3) is 0.533. The summed E-state index contributed by atoms with van der Waals surface area (Å²) >= 11 is 3.51. The minimum Gasteiger partial charge on any atom is -0.384 e. The summed E-state index contributed by atoms with van der Waals surface area (Å²) in [4.78, 5) is 15.8. The number of carbonyl (C=O) groups is 1. The van der Waals surface area contributed by atoms with Crippen LogP contribution in [0.5, 0.6) is 0 Å². The van der Waals surface area contributed by atoms with Crippen LogP contribution in [0, 0.1) is 6.92 Å². The lowest BCUT2D eigenvalue weighted by Crippen LogP contribution is -2.50. The van der Waals surface area contributed by atoms with Crippen LogP contribution in [0.1, 0.15) is 18.1 Å². The van der Waals surface area contributed by atoms with E-state index in [9.17, 15) is 9.90 Å². The number of rotatable bonds is 3. The summed E-state index contributed by atoms with van der Waals surface area (Å²) in [5.74, 6) is -0.163. The molecule has 1 saturated heterocycles. The smallest absolute Gasteiger partial charge is 0.251 e. The molecule has 1 amide bonds. The van der Waals surface area contributed by atoms with E-state index in [4.69, 9.17) is 0 Å². The average Bonchev–Trinajstić information content (AvgIpc) is 2.43. The summed E-state index contributed by atoms with van der Waals surface area (Å²) in [6.07, 6.45) is -0.893. The van der Waals surface area contributed by atoms with Crippen LogP contribution < -0.4 is 0 Å². The third-order valence-electron chi connectivity index (χ3n) is 3.67. The van der Waals surface area contributed by atoms with Gasteiger partial charge in [-0.05, 0) is 31.0 Å². The maximum Gasteiger partial charge on any atom is 0.251 e. The zero-order valence-electron chi connectivity index (χ0n) is 12.0. The molecule has 110 valence electrons. The summed E-state index contributed by atoms with van der Waals surface area (Å²) < 4.78 is 1.13. The fourth-order valence-electron chi connectivity index (χ4n) is 2.45. The molecule has 1 heterocycles. The molecule has 1 aromatic carbocycles. The molecule has 0 aromatic heterocycles. The number of halogens is 1. The monoisotopic (exact) mass is 340 g/mol. The Morgan fingerprint density at radius 3 is 2.55 bits per heavy atom. The summed E-state index contributed by atoms with van der Waals surface area (Å²) in [7, 11) is 0. The van der Waals surface area contributed by atoms with Gasteiger partial charge in [0.25, 0.3) is 5.91 Å². The Morgan fingerprint density at radius 1 is 1.35 bits per heavy atom. The number of piperazine rings is 1. The Morgan fingerprint density at radius 2 is 2.00 bits per heavy atom. The van der Waals surface area contributed by atoms with Crippen LogP contribution in [0.25, 0.3) is 0 Å². The first kappa shape index (κ1) is 15.5. The van der Waals surface area contributed by atoms with E-state index in [-0.39, 0.29) is 5.91 Å². The standard InChI is InChI=1S/C15H21BrN2O2/c1-11-9-13(3-4-14(11)16)10-17-5-7-18(8-6-17)15(20)12(2)19/h3-4,9,12,19H,5-8,10H2,1-2H3. The van der Waals surface area contributed by atoms with Gasteiger partial charge in [-0.3, -0.25) is 9.69 Å². The van der Waals surface area contributed by atoms with Crippen molar-refractivity contribution in [3.63, 3.8) is 0 Å². The van der Waals surface area contributed by atoms with Crippen LogP contribution in [0.4, 0.5) is 0 Å². The Kier molecular flexibility index (Phi) is 5.18. The minimum absolute atomic E-state index is 0.163. The van der Waals surface area contributed by atoms with E-state index in [1.807, 2.05) is 0 Å². The molecule has 0 saturated carbocycles. The van der Waals surface area contributed by atoms with Gasteiger partial charge in [-0.25, -0.2) is 0 Å². The number of benzene rings is 1. The lowest BCUT2D eigenvalue weighted by molar-refractivity contribution is -0.141. The molecule has 4 nitrogen and oxygen atoms in total. The highest BCUT2D eigenvalue weighted by atomic mass is 79.9. The molecule has 1 aromatic rings. The molecular formula is C15H21BrN2O2. The first-order valence-electron chi connectivity index (χ1n) is 6.91. The van der Waals surface area contributed by atoms with E-state index >= 15 is 0 Å². The molecule has 1 N–H and O–H groups in total. The van der Waals surface area contributed by atoms with Gasteiger partial charge in [0.1, 0.15) is 6.10 Å². The second-order valence-electron chi connectivity index (χ2n) is 5.36. The highest BCUT2D eigenvalue weighted by Crippen LogP contribution is 2.18. The number of carbonyl (C=O) groups excluding carboxylic acids is 1. The first-order valence-corrected chi connectivity index (χ1v) is 7.71. The molecule has 0 aliphatic carbocycles. The van der Waals surface area contributed by atoms with Crippen molar-refractivity contribution in [1.29, 1.82) is 0 Å². The van der Waals surface area contributed by atoms with Crippen LogP contribution in [-0.4, -0.2) is 53.1 Å². The maximum atomic E-state index is 11.7. The van der Waals surface area contributed by atoms with Crippen LogP contribution in [0.3, 0.4) is 0 Å². The van der Waals surface area contributed by atoms with Gasteiger partial charge in [0.15, 0.2) is 0 Å². The minimum atomic E-state index is -0.893. The first-order chi connectivity index (χ1) is 9.47. The Labute approximate surface area is 128 Å². The Balaban J connectivity index is 1.88. The van der Waals surface area contributed by atoms with Crippen molar-refractivity contribution in [2.45, 2.75) is 26.5 Å². The molecule has 1 fully saturated rings. The van der Waals surface area contributed by atoms with Crippen molar-refractivity contribution < 1.29 is 9.90 Å². The summed E-state index contributed by atoms with van der Waals surface area (Å²) in [6.45, 7) is 7.62. The van der Waals surface area contributed by atoms with Gasteiger partial charge in [-0.2, -0.15) is 0 Å². The van der Waals surface area contributed by atoms with Crippen LogP contribution >= 0.6 is 15.9 Å². The summed E-state index contributed by atoms with van der Waals surface area (Å²) in [6, 6.07) is 6.40. The number of aliphatic hydroxyl groups is 1. The normalized spacial score (nSPS) is 18.1. The van der Waals surface area contributed by atoms with Crippen molar-refractivity contribution in [3.05, 3.63) is 33.8 Å². The van der Waals surface area contributed by atoms with E-state index in [1.165, 1.54) is 18.1 Å². The second kappa shape index (κ2) is 6.70.